The van der Waals surface area contributed by atoms with Crippen molar-refractivity contribution in [1.82, 2.24) is 20.1 Å². The second kappa shape index (κ2) is 7.83. The first kappa shape index (κ1) is 18.8. The maximum absolute atomic E-state index is 12.2. The van der Waals surface area contributed by atoms with Crippen molar-refractivity contribution >= 4 is 37.3 Å². The molecule has 0 unspecified atom stereocenters. The zero-order chi connectivity index (χ0) is 18.9. The number of hydrogen-bond donors (Lipinski definition) is 1. The van der Waals surface area contributed by atoms with Crippen molar-refractivity contribution < 1.29 is 13.2 Å². The summed E-state index contributed by atoms with van der Waals surface area (Å²) in [6, 6.07) is 7.97. The lowest BCUT2D eigenvalue weighted by molar-refractivity contribution is -0.123. The van der Waals surface area contributed by atoms with E-state index in [1.165, 1.54) is 4.70 Å². The maximum atomic E-state index is 12.2. The van der Waals surface area contributed by atoms with Crippen LogP contribution in [0.1, 0.15) is 11.4 Å². The highest BCUT2D eigenvalue weighted by molar-refractivity contribution is 7.91. The minimum Gasteiger partial charge on any atom is -0.351 e. The maximum Gasteiger partial charge on any atom is 0.234 e. The van der Waals surface area contributed by atoms with E-state index in [-0.39, 0.29) is 23.5 Å². The molecular weight excluding hydrogens is 384 g/mol. The smallest absolute Gasteiger partial charge is 0.234 e. The number of para-hydroxylation sites is 1. The normalized spacial score (nSPS) is 23.6. The number of nitrogens with one attached hydrogen (secondary N) is 1. The molecule has 27 heavy (non-hydrogen) atoms. The Bertz CT molecular complexity index is 887. The molecule has 2 aliphatic rings. The van der Waals surface area contributed by atoms with Gasteiger partial charge in [-0.2, -0.15) is 0 Å². The lowest BCUT2D eigenvalue weighted by Crippen LogP contribution is -2.50. The van der Waals surface area contributed by atoms with Gasteiger partial charge in [-0.1, -0.05) is 12.1 Å². The molecule has 1 aromatic heterocycles. The summed E-state index contributed by atoms with van der Waals surface area (Å²) in [5.74, 6) is 0.189. The van der Waals surface area contributed by atoms with E-state index < -0.39 is 9.84 Å². The first-order valence-corrected chi connectivity index (χ1v) is 11.9. The van der Waals surface area contributed by atoms with Crippen molar-refractivity contribution in [2.24, 2.45) is 0 Å². The summed E-state index contributed by atoms with van der Waals surface area (Å²) in [7, 11) is -2.96. The molecular formula is C18H24N4O3S2. The Hall–Kier alpha value is -1.55. The van der Waals surface area contributed by atoms with Crippen molar-refractivity contribution in [3.8, 4) is 0 Å². The average Bonchev–Trinajstić information content (AvgIpc) is 3.18. The number of thiazole rings is 1. The number of sulfone groups is 1. The van der Waals surface area contributed by atoms with Gasteiger partial charge in [-0.3, -0.25) is 14.6 Å². The summed E-state index contributed by atoms with van der Waals surface area (Å²) in [4.78, 5) is 21.4. The van der Waals surface area contributed by atoms with Crippen LogP contribution in [0.3, 0.4) is 0 Å². The Labute approximate surface area is 163 Å². The molecule has 7 nitrogen and oxygen atoms in total. The third-order valence-corrected chi connectivity index (χ3v) is 7.92. The van der Waals surface area contributed by atoms with Crippen molar-refractivity contribution in [3.05, 3.63) is 29.3 Å². The topological polar surface area (TPSA) is 82.6 Å². The SMILES string of the molecule is O=C(CN1CCN(Cc2nc3ccccc3s2)CC1)N[C@H]1CCS(=O)(=O)C1. The van der Waals surface area contributed by atoms with Gasteiger partial charge in [-0.25, -0.2) is 13.4 Å². The van der Waals surface area contributed by atoms with E-state index in [4.69, 9.17) is 4.98 Å². The molecule has 2 aromatic rings. The fourth-order valence-electron chi connectivity index (χ4n) is 3.67. The van der Waals surface area contributed by atoms with E-state index in [1.807, 2.05) is 18.2 Å². The summed E-state index contributed by atoms with van der Waals surface area (Å²) in [5.41, 5.74) is 1.06. The third-order valence-electron chi connectivity index (χ3n) is 5.13. The molecule has 1 aromatic carbocycles. The largest absolute Gasteiger partial charge is 0.351 e. The van der Waals surface area contributed by atoms with E-state index in [0.29, 0.717) is 13.0 Å². The fraction of sp³-hybridized carbons (Fsp3) is 0.556. The van der Waals surface area contributed by atoms with Crippen LogP contribution in [0.25, 0.3) is 10.2 Å². The van der Waals surface area contributed by atoms with Gasteiger partial charge in [0.2, 0.25) is 5.91 Å². The number of nitrogens with zero attached hydrogens (tertiary/aromatic N) is 3. The van der Waals surface area contributed by atoms with E-state index >= 15 is 0 Å². The number of carbonyl (C=O) groups is 1. The molecule has 0 saturated carbocycles. The van der Waals surface area contributed by atoms with Crippen LogP contribution in [-0.4, -0.2) is 79.4 Å². The molecule has 0 radical (unpaired) electrons. The van der Waals surface area contributed by atoms with Gasteiger partial charge in [-0.05, 0) is 18.6 Å². The molecule has 146 valence electrons. The van der Waals surface area contributed by atoms with E-state index in [0.717, 1.165) is 43.2 Å². The van der Waals surface area contributed by atoms with Gasteiger partial charge in [0.1, 0.15) is 5.01 Å². The standard InChI is InChI=1S/C18H24N4O3S2/c23-17(19-14-5-10-27(24,25)13-14)11-21-6-8-22(9-7-21)12-18-20-15-3-1-2-4-16(15)26-18/h1-4,14H,5-13H2,(H,19,23)/t14-/m0/s1. The summed E-state index contributed by atoms with van der Waals surface area (Å²) < 4.78 is 24.2. The van der Waals surface area contributed by atoms with E-state index in [2.05, 4.69) is 21.2 Å². The molecule has 4 rings (SSSR count). The molecule has 3 heterocycles. The number of hydrogen-bond acceptors (Lipinski definition) is 7. The van der Waals surface area contributed by atoms with Crippen molar-refractivity contribution in [2.45, 2.75) is 19.0 Å². The zero-order valence-corrected chi connectivity index (χ0v) is 16.8. The Morgan fingerprint density at radius 3 is 2.63 bits per heavy atom. The van der Waals surface area contributed by atoms with Gasteiger partial charge in [0, 0.05) is 32.2 Å². The molecule has 9 heteroatoms. The minimum atomic E-state index is -2.96. The summed E-state index contributed by atoms with van der Waals surface area (Å²) >= 11 is 1.74. The molecule has 1 atom stereocenters. The predicted molar refractivity (Wildman–Crippen MR) is 107 cm³/mol. The Morgan fingerprint density at radius 1 is 1.19 bits per heavy atom. The van der Waals surface area contributed by atoms with Crippen LogP contribution in [0.2, 0.25) is 0 Å². The van der Waals surface area contributed by atoms with Crippen LogP contribution in [0.4, 0.5) is 0 Å². The number of rotatable bonds is 5. The van der Waals surface area contributed by atoms with E-state index in [9.17, 15) is 13.2 Å². The van der Waals surface area contributed by atoms with Crippen LogP contribution in [-0.2, 0) is 21.2 Å². The van der Waals surface area contributed by atoms with Gasteiger partial charge < -0.3 is 5.32 Å². The zero-order valence-electron chi connectivity index (χ0n) is 15.1. The Morgan fingerprint density at radius 2 is 1.93 bits per heavy atom. The van der Waals surface area contributed by atoms with Gasteiger partial charge in [0.25, 0.3) is 0 Å². The first-order valence-electron chi connectivity index (χ1n) is 9.26. The summed E-state index contributed by atoms with van der Waals surface area (Å²) in [6.07, 6.45) is 0.532. The summed E-state index contributed by atoms with van der Waals surface area (Å²) in [5, 5.41) is 4.00. The highest BCUT2D eigenvalue weighted by atomic mass is 32.2. The third kappa shape index (κ3) is 4.84. The Balaban J connectivity index is 1.22. The highest BCUT2D eigenvalue weighted by Crippen LogP contribution is 2.23. The van der Waals surface area contributed by atoms with Crippen molar-refractivity contribution in [1.29, 1.82) is 0 Å². The van der Waals surface area contributed by atoms with Crippen LogP contribution < -0.4 is 5.32 Å². The van der Waals surface area contributed by atoms with Crippen LogP contribution >= 0.6 is 11.3 Å². The van der Waals surface area contributed by atoms with Crippen LogP contribution in [0, 0.1) is 0 Å². The van der Waals surface area contributed by atoms with Crippen molar-refractivity contribution in [2.75, 3.05) is 44.2 Å². The summed E-state index contributed by atoms with van der Waals surface area (Å²) in [6.45, 7) is 4.66. The predicted octanol–water partition coefficient (Wildman–Crippen LogP) is 0.717. The quantitative estimate of drug-likeness (QED) is 0.785. The molecule has 2 aliphatic heterocycles. The number of carbonyl (C=O) groups excluding carboxylic acids is 1. The second-order valence-corrected chi connectivity index (χ2v) is 10.6. The number of piperazine rings is 1. The van der Waals surface area contributed by atoms with Gasteiger partial charge in [0.15, 0.2) is 9.84 Å². The van der Waals surface area contributed by atoms with E-state index in [1.54, 1.807) is 11.3 Å². The number of fused-ring (bicyclic) bond motifs is 1. The van der Waals surface area contributed by atoms with Gasteiger partial charge >= 0.3 is 0 Å². The minimum absolute atomic E-state index is 0.0725. The molecule has 0 bridgehead atoms. The molecule has 1 amide bonds. The molecule has 0 aliphatic carbocycles. The number of amides is 1. The second-order valence-electron chi connectivity index (χ2n) is 7.30. The van der Waals surface area contributed by atoms with Crippen LogP contribution in [0.15, 0.2) is 24.3 Å². The highest BCUT2D eigenvalue weighted by Gasteiger charge is 2.29. The molecule has 1 N–H and O–H groups in total. The number of benzene rings is 1. The molecule has 0 spiro atoms. The van der Waals surface area contributed by atoms with Crippen LogP contribution in [0.5, 0.6) is 0 Å². The lowest BCUT2D eigenvalue weighted by Gasteiger charge is -2.33. The monoisotopic (exact) mass is 408 g/mol. The lowest BCUT2D eigenvalue weighted by atomic mass is 10.2. The molecule has 2 saturated heterocycles. The van der Waals surface area contributed by atoms with Gasteiger partial charge in [-0.15, -0.1) is 11.3 Å². The fourth-order valence-corrected chi connectivity index (χ4v) is 6.35. The Kier molecular flexibility index (Phi) is 5.45. The van der Waals surface area contributed by atoms with Gasteiger partial charge in [0.05, 0.1) is 34.8 Å². The average molecular weight is 409 g/mol. The number of aromatic nitrogens is 1. The van der Waals surface area contributed by atoms with Crippen molar-refractivity contribution in [3.63, 3.8) is 0 Å². The first-order chi connectivity index (χ1) is 13.0. The molecule has 2 fully saturated rings.